The van der Waals surface area contributed by atoms with E-state index in [0.29, 0.717) is 43.2 Å². The van der Waals surface area contributed by atoms with Crippen molar-refractivity contribution in [1.29, 1.82) is 5.26 Å². The van der Waals surface area contributed by atoms with E-state index in [4.69, 9.17) is 19.9 Å². The van der Waals surface area contributed by atoms with Crippen molar-refractivity contribution in [3.63, 3.8) is 0 Å². The van der Waals surface area contributed by atoms with E-state index in [1.165, 1.54) is 0 Å². The molecule has 0 radical (unpaired) electrons. The van der Waals surface area contributed by atoms with E-state index in [9.17, 15) is 10.4 Å². The van der Waals surface area contributed by atoms with Crippen molar-refractivity contribution in [1.82, 2.24) is 9.80 Å². The summed E-state index contributed by atoms with van der Waals surface area (Å²) >= 11 is 0. The molecule has 4 aliphatic rings. The summed E-state index contributed by atoms with van der Waals surface area (Å²) in [6.07, 6.45) is 3.06. The van der Waals surface area contributed by atoms with E-state index >= 15 is 0 Å². The highest BCUT2D eigenvalue weighted by Gasteiger charge is 2.56. The third-order valence-electron chi connectivity index (χ3n) is 9.00. The van der Waals surface area contributed by atoms with Crippen LogP contribution in [-0.2, 0) is 12.8 Å². The number of nitrogens with two attached hydrogens (primary N) is 1. The van der Waals surface area contributed by atoms with Gasteiger partial charge in [0.2, 0.25) is 6.79 Å². The zero-order valence-corrected chi connectivity index (χ0v) is 21.9. The lowest BCUT2D eigenvalue weighted by atomic mass is 9.71. The minimum absolute atomic E-state index is 0.0250. The average molecular weight is 503 g/mol. The second-order valence-corrected chi connectivity index (χ2v) is 10.7. The molecule has 4 heterocycles. The van der Waals surface area contributed by atoms with E-state index in [1.807, 2.05) is 20.8 Å². The largest absolute Gasteiger partial charge is 0.507 e. The molecule has 2 unspecified atom stereocenters. The molecule has 3 N–H and O–H groups in total. The van der Waals surface area contributed by atoms with Gasteiger partial charge >= 0.3 is 0 Å². The van der Waals surface area contributed by atoms with Crippen LogP contribution in [0.25, 0.3) is 0 Å². The van der Waals surface area contributed by atoms with E-state index in [0.717, 1.165) is 44.7 Å². The Kier molecular flexibility index (Phi) is 5.64. The van der Waals surface area contributed by atoms with E-state index in [1.54, 1.807) is 6.08 Å². The number of likely N-dealkylation sites (N-methyl/N-ethyl adjacent to an activating group) is 1. The number of rotatable bonds is 4. The summed E-state index contributed by atoms with van der Waals surface area (Å²) in [6, 6.07) is 3.98. The third-order valence-corrected chi connectivity index (χ3v) is 9.00. The lowest BCUT2D eigenvalue weighted by molar-refractivity contribution is -0.0710. The molecule has 6 rings (SSSR count). The van der Waals surface area contributed by atoms with Crippen molar-refractivity contribution in [3.05, 3.63) is 57.7 Å². The molecule has 0 spiro atoms. The Balaban J connectivity index is 1.61. The second kappa shape index (κ2) is 8.66. The molecule has 0 aliphatic carbocycles. The van der Waals surface area contributed by atoms with Crippen LogP contribution in [0.5, 0.6) is 23.0 Å². The zero-order valence-electron chi connectivity index (χ0n) is 21.9. The van der Waals surface area contributed by atoms with Crippen LogP contribution in [0.1, 0.15) is 51.0 Å². The number of piperazine rings is 1. The molecule has 2 aromatic carbocycles. The fourth-order valence-electron chi connectivity index (χ4n) is 7.26. The normalized spacial score (nSPS) is 27.6. The molecule has 37 heavy (non-hydrogen) atoms. The number of fused-ring (bicyclic) bond motifs is 9. The lowest BCUT2D eigenvalue weighted by Crippen LogP contribution is -2.68. The number of phenols is 1. The Morgan fingerprint density at radius 1 is 1.19 bits per heavy atom. The molecule has 1 fully saturated rings. The van der Waals surface area contributed by atoms with Crippen LogP contribution in [-0.4, -0.2) is 60.0 Å². The van der Waals surface area contributed by atoms with Crippen LogP contribution >= 0.6 is 0 Å². The molecule has 2 bridgehead atoms. The lowest BCUT2D eigenvalue weighted by Gasteiger charge is -2.60. The Morgan fingerprint density at radius 2 is 1.95 bits per heavy atom. The molecule has 8 heteroatoms. The fraction of sp³-hybridized carbons (Fsp3) is 0.483. The predicted molar refractivity (Wildman–Crippen MR) is 139 cm³/mol. The van der Waals surface area contributed by atoms with E-state index < -0.39 is 0 Å². The zero-order chi connectivity index (χ0) is 26.2. The third kappa shape index (κ3) is 3.18. The van der Waals surface area contributed by atoms with Crippen LogP contribution in [0.4, 0.5) is 0 Å². The average Bonchev–Trinajstić information content (AvgIpc) is 3.37. The quantitative estimate of drug-likeness (QED) is 0.614. The standard InChI is InChI=1S/C29H34N4O4/c1-6-7-35-27-16(4)28-29(37-13-36-28)24-18(27)10-20-25-23-17(8-14(2)15(3)26(23)34)9-19(32(25)5)21(11-30)33(20)22(24)12-31/h6,8,19-22,25,34H,1,7,9-10,12-13,31H2,2-5H3/t19-,20?,21?,22+,25+/m1/s1. The summed E-state index contributed by atoms with van der Waals surface area (Å²) in [5.41, 5.74) is 13.5. The molecular formula is C29H34N4O4. The summed E-state index contributed by atoms with van der Waals surface area (Å²) in [5, 5.41) is 22.0. The molecule has 0 aromatic heterocycles. The van der Waals surface area contributed by atoms with Crippen molar-refractivity contribution < 1.29 is 19.3 Å². The molecular weight excluding hydrogens is 468 g/mol. The van der Waals surface area contributed by atoms with Crippen LogP contribution in [0, 0.1) is 32.1 Å². The minimum atomic E-state index is -0.373. The van der Waals surface area contributed by atoms with Crippen molar-refractivity contribution in [3.8, 4) is 29.1 Å². The monoisotopic (exact) mass is 502 g/mol. The Bertz CT molecular complexity index is 1350. The molecule has 2 aromatic rings. The maximum absolute atomic E-state index is 11.4. The van der Waals surface area contributed by atoms with Crippen molar-refractivity contribution in [2.45, 2.75) is 63.8 Å². The highest BCUT2D eigenvalue weighted by Crippen LogP contribution is 2.57. The number of nitrogens with zero attached hydrogens (tertiary/aromatic N) is 3. The van der Waals surface area contributed by atoms with Gasteiger partial charge in [-0.1, -0.05) is 18.7 Å². The smallest absolute Gasteiger partial charge is 0.231 e. The molecule has 0 amide bonds. The molecule has 4 aliphatic heterocycles. The SMILES string of the molecule is C=CCOc1c(C)c2c(c3c1CC1[C@H]4c5c(cc(C)c(C)c5O)C[C@H](C(C#N)N1[C@H]3CN)N4C)OCO2. The van der Waals surface area contributed by atoms with Gasteiger partial charge in [-0.25, -0.2) is 0 Å². The maximum Gasteiger partial charge on any atom is 0.231 e. The van der Waals surface area contributed by atoms with Gasteiger partial charge in [0.1, 0.15) is 24.1 Å². The predicted octanol–water partition coefficient (Wildman–Crippen LogP) is 3.34. The van der Waals surface area contributed by atoms with Gasteiger partial charge < -0.3 is 25.1 Å². The molecule has 194 valence electrons. The summed E-state index contributed by atoms with van der Waals surface area (Å²) < 4.78 is 18.2. The number of hydrogen-bond acceptors (Lipinski definition) is 8. The van der Waals surface area contributed by atoms with Gasteiger partial charge in [0.25, 0.3) is 0 Å². The van der Waals surface area contributed by atoms with Crippen molar-refractivity contribution in [2.24, 2.45) is 5.73 Å². The van der Waals surface area contributed by atoms with Crippen LogP contribution in [0.3, 0.4) is 0 Å². The fourth-order valence-corrected chi connectivity index (χ4v) is 7.26. The second-order valence-electron chi connectivity index (χ2n) is 10.7. The van der Waals surface area contributed by atoms with Gasteiger partial charge in [0.05, 0.1) is 18.2 Å². The first-order chi connectivity index (χ1) is 17.8. The maximum atomic E-state index is 11.4. The summed E-state index contributed by atoms with van der Waals surface area (Å²) in [6.45, 7) is 10.7. The number of ether oxygens (including phenoxy) is 3. The molecule has 0 saturated carbocycles. The van der Waals surface area contributed by atoms with E-state index in [2.05, 4.69) is 35.6 Å². The number of nitriles is 1. The van der Waals surface area contributed by atoms with Gasteiger partial charge in [0.15, 0.2) is 11.5 Å². The van der Waals surface area contributed by atoms with Gasteiger partial charge in [-0.15, -0.1) is 0 Å². The van der Waals surface area contributed by atoms with Gasteiger partial charge in [-0.05, 0) is 57.4 Å². The summed E-state index contributed by atoms with van der Waals surface area (Å²) in [7, 11) is 2.08. The molecule has 5 atom stereocenters. The van der Waals surface area contributed by atoms with Crippen molar-refractivity contribution in [2.75, 3.05) is 27.0 Å². The number of benzene rings is 2. The van der Waals surface area contributed by atoms with Crippen LogP contribution in [0.2, 0.25) is 0 Å². The van der Waals surface area contributed by atoms with Gasteiger partial charge in [0, 0.05) is 40.9 Å². The topological polar surface area (TPSA) is 104 Å². The molecule has 8 nitrogen and oxygen atoms in total. The Morgan fingerprint density at radius 3 is 2.65 bits per heavy atom. The summed E-state index contributed by atoms with van der Waals surface area (Å²) in [4.78, 5) is 4.60. The number of aryl methyl sites for hydroxylation is 1. The Labute approximate surface area is 217 Å². The van der Waals surface area contributed by atoms with Crippen molar-refractivity contribution >= 4 is 0 Å². The summed E-state index contributed by atoms with van der Waals surface area (Å²) in [5.74, 6) is 2.53. The number of aromatic hydroxyl groups is 1. The first-order valence-corrected chi connectivity index (χ1v) is 12.9. The van der Waals surface area contributed by atoms with Gasteiger partial charge in [-0.2, -0.15) is 5.26 Å². The highest BCUT2D eigenvalue weighted by molar-refractivity contribution is 5.66. The minimum Gasteiger partial charge on any atom is -0.507 e. The van der Waals surface area contributed by atoms with E-state index in [-0.39, 0.29) is 37.0 Å². The van der Waals surface area contributed by atoms with Crippen LogP contribution in [0.15, 0.2) is 18.7 Å². The highest BCUT2D eigenvalue weighted by atomic mass is 16.7. The Hall–Kier alpha value is -3.25. The van der Waals surface area contributed by atoms with Gasteiger partial charge in [-0.3, -0.25) is 9.80 Å². The first kappa shape index (κ1) is 24.1. The first-order valence-electron chi connectivity index (χ1n) is 12.9. The number of hydrogen-bond donors (Lipinski definition) is 2. The molecule has 1 saturated heterocycles. The number of phenolic OH excluding ortho intramolecular Hbond substituents is 1. The van der Waals surface area contributed by atoms with Crippen LogP contribution < -0.4 is 19.9 Å².